The molecule has 0 aromatic heterocycles. The molecule has 0 amide bonds. The van der Waals surface area contributed by atoms with Crippen LogP contribution in [0.5, 0.6) is 0 Å². The Morgan fingerprint density at radius 1 is 1.50 bits per heavy atom. The Kier molecular flexibility index (Phi) is 2.78. The summed E-state index contributed by atoms with van der Waals surface area (Å²) < 4.78 is 30.0. The zero-order valence-electron chi connectivity index (χ0n) is 7.68. The average Bonchev–Trinajstić information content (AvgIpc) is 2.16. The summed E-state index contributed by atoms with van der Waals surface area (Å²) in [7, 11) is -4.17. The van der Waals surface area contributed by atoms with Crippen LogP contribution in [0.1, 0.15) is 6.42 Å². The van der Waals surface area contributed by atoms with Gasteiger partial charge in [-0.2, -0.15) is 8.42 Å². The van der Waals surface area contributed by atoms with Crippen LogP contribution in [0.15, 0.2) is 49.1 Å². The second kappa shape index (κ2) is 3.55. The van der Waals surface area contributed by atoms with Crippen LogP contribution in [0.3, 0.4) is 0 Å². The summed E-state index contributed by atoms with van der Waals surface area (Å²) in [6.45, 7) is 6.99. The van der Waals surface area contributed by atoms with Crippen LogP contribution in [0.25, 0.3) is 0 Å². The van der Waals surface area contributed by atoms with E-state index in [1.807, 2.05) is 0 Å². The van der Waals surface area contributed by atoms with Gasteiger partial charge in [0.15, 0.2) is 0 Å². The van der Waals surface area contributed by atoms with Crippen LogP contribution in [0.2, 0.25) is 0 Å². The summed E-state index contributed by atoms with van der Waals surface area (Å²) >= 11 is 0. The van der Waals surface area contributed by atoms with Crippen LogP contribution in [0, 0.1) is 0 Å². The molecule has 0 saturated heterocycles. The van der Waals surface area contributed by atoms with E-state index in [1.165, 1.54) is 12.2 Å². The summed E-state index contributed by atoms with van der Waals surface area (Å²) in [5, 5.41) is 0. The van der Waals surface area contributed by atoms with Crippen molar-refractivity contribution in [1.82, 2.24) is 0 Å². The molecule has 0 aliphatic heterocycles. The second-order valence-electron chi connectivity index (χ2n) is 3.12. The van der Waals surface area contributed by atoms with E-state index in [9.17, 15) is 8.42 Å². The Morgan fingerprint density at radius 2 is 2.14 bits per heavy atom. The first-order valence-corrected chi connectivity index (χ1v) is 5.51. The largest absolute Gasteiger partial charge is 0.285 e. The molecule has 1 aliphatic rings. The van der Waals surface area contributed by atoms with Gasteiger partial charge < -0.3 is 0 Å². The van der Waals surface area contributed by atoms with Crippen LogP contribution >= 0.6 is 0 Å². The Morgan fingerprint density at radius 3 is 2.57 bits per heavy atom. The van der Waals surface area contributed by atoms with Gasteiger partial charge in [-0.15, -0.1) is 6.58 Å². The third-order valence-corrected chi connectivity index (χ3v) is 3.66. The summed E-state index contributed by atoms with van der Waals surface area (Å²) in [6.07, 6.45) is 7.72. The van der Waals surface area contributed by atoms with Crippen molar-refractivity contribution >= 4 is 10.1 Å². The highest BCUT2D eigenvalue weighted by Crippen LogP contribution is 2.31. The van der Waals surface area contributed by atoms with E-state index in [2.05, 4.69) is 13.2 Å². The van der Waals surface area contributed by atoms with Crippen LogP contribution in [-0.2, 0) is 10.1 Å². The molecule has 0 spiro atoms. The predicted octanol–water partition coefficient (Wildman–Crippen LogP) is 1.87. The summed E-state index contributed by atoms with van der Waals surface area (Å²) in [5.41, 5.74) is 0.755. The standard InChI is InChI=1S/C10H12O3S/c1-3-9-6-5-7-10(4-2,8-9)14(11,12)13/h3-7H,1-2,8H2,(H,11,12,13). The van der Waals surface area contributed by atoms with Crippen molar-refractivity contribution in [3.63, 3.8) is 0 Å². The molecule has 0 saturated carbocycles. The lowest BCUT2D eigenvalue weighted by Gasteiger charge is -2.26. The molecule has 1 unspecified atom stereocenters. The lowest BCUT2D eigenvalue weighted by atomic mass is 9.93. The summed E-state index contributed by atoms with van der Waals surface area (Å²) in [5.74, 6) is 0. The van der Waals surface area contributed by atoms with E-state index in [4.69, 9.17) is 4.55 Å². The van der Waals surface area contributed by atoms with Crippen molar-refractivity contribution in [2.24, 2.45) is 0 Å². The van der Waals surface area contributed by atoms with Gasteiger partial charge in [0, 0.05) is 6.42 Å². The average molecular weight is 212 g/mol. The molecule has 1 rings (SSSR count). The van der Waals surface area contributed by atoms with Gasteiger partial charge >= 0.3 is 0 Å². The van der Waals surface area contributed by atoms with Gasteiger partial charge in [0.1, 0.15) is 4.75 Å². The molecule has 76 valence electrons. The first kappa shape index (κ1) is 10.9. The third-order valence-electron chi connectivity index (χ3n) is 2.26. The van der Waals surface area contributed by atoms with Gasteiger partial charge in [-0.1, -0.05) is 37.0 Å². The molecule has 0 aromatic carbocycles. The molecule has 1 N–H and O–H groups in total. The molecule has 0 aromatic rings. The topological polar surface area (TPSA) is 54.4 Å². The van der Waals surface area contributed by atoms with Crippen molar-refractivity contribution in [2.75, 3.05) is 0 Å². The molecule has 3 nitrogen and oxygen atoms in total. The van der Waals surface area contributed by atoms with E-state index in [1.54, 1.807) is 18.2 Å². The Labute approximate surface area is 83.9 Å². The molecule has 14 heavy (non-hydrogen) atoms. The van der Waals surface area contributed by atoms with E-state index in [-0.39, 0.29) is 6.42 Å². The Hall–Kier alpha value is -1.13. The molecule has 0 heterocycles. The van der Waals surface area contributed by atoms with Crippen molar-refractivity contribution in [2.45, 2.75) is 11.2 Å². The van der Waals surface area contributed by atoms with Gasteiger partial charge in [-0.05, 0) is 5.57 Å². The highest BCUT2D eigenvalue weighted by molar-refractivity contribution is 7.87. The predicted molar refractivity (Wildman–Crippen MR) is 56.5 cm³/mol. The molecular formula is C10H12O3S. The molecular weight excluding hydrogens is 200 g/mol. The van der Waals surface area contributed by atoms with E-state index >= 15 is 0 Å². The first-order chi connectivity index (χ1) is 6.45. The fourth-order valence-electron chi connectivity index (χ4n) is 1.33. The summed E-state index contributed by atoms with van der Waals surface area (Å²) in [4.78, 5) is 0. The van der Waals surface area contributed by atoms with Gasteiger partial charge in [0.05, 0.1) is 0 Å². The van der Waals surface area contributed by atoms with E-state index in [0.717, 1.165) is 5.57 Å². The van der Waals surface area contributed by atoms with Crippen molar-refractivity contribution in [1.29, 1.82) is 0 Å². The van der Waals surface area contributed by atoms with E-state index in [0.29, 0.717) is 0 Å². The minimum absolute atomic E-state index is 0.176. The van der Waals surface area contributed by atoms with Gasteiger partial charge in [0.25, 0.3) is 10.1 Å². The summed E-state index contributed by atoms with van der Waals surface area (Å²) in [6, 6.07) is 0. The lowest BCUT2D eigenvalue weighted by molar-refractivity contribution is 0.460. The maximum atomic E-state index is 11.2. The zero-order chi connectivity index (χ0) is 10.8. The quantitative estimate of drug-likeness (QED) is 0.574. The highest BCUT2D eigenvalue weighted by atomic mass is 32.2. The van der Waals surface area contributed by atoms with Crippen molar-refractivity contribution < 1.29 is 13.0 Å². The normalized spacial score (nSPS) is 26.8. The maximum Gasteiger partial charge on any atom is 0.278 e. The smallest absolute Gasteiger partial charge is 0.278 e. The molecule has 0 bridgehead atoms. The number of hydrogen-bond donors (Lipinski definition) is 1. The fourth-order valence-corrected chi connectivity index (χ4v) is 2.14. The van der Waals surface area contributed by atoms with Gasteiger partial charge in [0.2, 0.25) is 0 Å². The minimum Gasteiger partial charge on any atom is -0.285 e. The molecule has 4 heteroatoms. The highest BCUT2D eigenvalue weighted by Gasteiger charge is 2.38. The fraction of sp³-hybridized carbons (Fsp3) is 0.200. The Balaban J connectivity index is 3.21. The molecule has 0 fully saturated rings. The van der Waals surface area contributed by atoms with E-state index < -0.39 is 14.9 Å². The number of hydrogen-bond acceptors (Lipinski definition) is 2. The van der Waals surface area contributed by atoms with Crippen molar-refractivity contribution in [3.8, 4) is 0 Å². The monoisotopic (exact) mass is 212 g/mol. The zero-order valence-corrected chi connectivity index (χ0v) is 8.50. The van der Waals surface area contributed by atoms with Crippen LogP contribution < -0.4 is 0 Å². The Bertz CT molecular complexity index is 415. The number of allylic oxidation sites excluding steroid dienone is 4. The second-order valence-corrected chi connectivity index (χ2v) is 4.83. The van der Waals surface area contributed by atoms with Crippen molar-refractivity contribution in [3.05, 3.63) is 49.1 Å². The minimum atomic E-state index is -4.17. The molecule has 1 aliphatic carbocycles. The van der Waals surface area contributed by atoms with Crippen LogP contribution in [-0.4, -0.2) is 17.7 Å². The molecule has 0 radical (unpaired) electrons. The SMILES string of the molecule is C=CC1=CC=CC(C=C)(S(=O)(=O)O)C1. The van der Waals surface area contributed by atoms with Gasteiger partial charge in [-0.25, -0.2) is 0 Å². The van der Waals surface area contributed by atoms with Crippen LogP contribution in [0.4, 0.5) is 0 Å². The lowest BCUT2D eigenvalue weighted by Crippen LogP contribution is -2.35. The van der Waals surface area contributed by atoms with Gasteiger partial charge in [-0.3, -0.25) is 4.55 Å². The third kappa shape index (κ3) is 1.71. The molecule has 1 atom stereocenters. The number of rotatable bonds is 3. The first-order valence-electron chi connectivity index (χ1n) is 4.07. The maximum absolute atomic E-state index is 11.2.